The maximum atomic E-state index is 13.4. The molecule has 5 nitrogen and oxygen atoms in total. The number of rotatable bonds is 11. The van der Waals surface area contributed by atoms with Crippen LogP contribution in [0.5, 0.6) is 0 Å². The zero-order valence-corrected chi connectivity index (χ0v) is 24.3. The molecule has 0 aromatic heterocycles. The summed E-state index contributed by atoms with van der Waals surface area (Å²) in [6.07, 6.45) is -1.29. The number of carbonyl (C=O) groups excluding carboxylic acids is 1. The second kappa shape index (κ2) is 12.7. The molecule has 0 bridgehead atoms. The molecule has 1 unspecified atom stereocenters. The number of carboxylic acids is 1. The zero-order chi connectivity index (χ0) is 28.2. The van der Waals surface area contributed by atoms with E-state index in [1.165, 1.54) is 5.56 Å². The lowest BCUT2D eigenvalue weighted by molar-refractivity contribution is -0.143. The fourth-order valence-electron chi connectivity index (χ4n) is 5.05. The molecule has 2 rings (SSSR count). The highest BCUT2D eigenvalue weighted by Crippen LogP contribution is 2.36. The Balaban J connectivity index is 2.51. The quantitative estimate of drug-likeness (QED) is 0.300. The van der Waals surface area contributed by atoms with E-state index in [0.29, 0.717) is 11.5 Å². The van der Waals surface area contributed by atoms with Crippen LogP contribution in [0.2, 0.25) is 0 Å². The topological polar surface area (TPSA) is 86.6 Å². The van der Waals surface area contributed by atoms with Gasteiger partial charge in [0.05, 0.1) is 0 Å². The average Bonchev–Trinajstić information content (AvgIpc) is 2.81. The first-order valence-electron chi connectivity index (χ1n) is 13.7. The zero-order valence-electron chi connectivity index (χ0n) is 24.3. The third-order valence-corrected chi connectivity index (χ3v) is 7.21. The number of aliphatic hydroxyl groups is 1. The molecule has 0 aliphatic carbocycles. The molecule has 1 amide bonds. The van der Waals surface area contributed by atoms with Crippen molar-refractivity contribution < 1.29 is 19.8 Å². The van der Waals surface area contributed by atoms with Crippen molar-refractivity contribution in [3.05, 3.63) is 69.3 Å². The minimum Gasteiger partial charge on any atom is -0.480 e. The third-order valence-electron chi connectivity index (χ3n) is 7.21. The lowest BCUT2D eigenvalue weighted by Gasteiger charge is -2.27. The van der Waals surface area contributed by atoms with E-state index in [9.17, 15) is 19.8 Å². The van der Waals surface area contributed by atoms with Gasteiger partial charge >= 0.3 is 5.97 Å². The molecule has 0 radical (unpaired) electrons. The molecule has 0 aliphatic rings. The van der Waals surface area contributed by atoms with E-state index in [0.717, 1.165) is 27.8 Å². The Morgan fingerprint density at radius 1 is 0.730 bits per heavy atom. The molecule has 2 atom stereocenters. The third kappa shape index (κ3) is 7.22. The van der Waals surface area contributed by atoms with Crippen LogP contribution < -0.4 is 5.32 Å². The maximum absolute atomic E-state index is 13.4. The highest BCUT2D eigenvalue weighted by atomic mass is 16.4. The molecule has 3 N–H and O–H groups in total. The highest BCUT2D eigenvalue weighted by molar-refractivity contribution is 5.88. The normalized spacial score (nSPS) is 13.6. The Morgan fingerprint density at radius 2 is 1.16 bits per heavy atom. The van der Waals surface area contributed by atoms with Gasteiger partial charge < -0.3 is 15.5 Å². The van der Waals surface area contributed by atoms with Gasteiger partial charge in [-0.3, -0.25) is 4.79 Å². The van der Waals surface area contributed by atoms with Crippen LogP contribution in [0.25, 0.3) is 0 Å². The minimum absolute atomic E-state index is 0.0930. The van der Waals surface area contributed by atoms with Gasteiger partial charge in [0.15, 0.2) is 6.10 Å². The first-order chi connectivity index (χ1) is 17.2. The Labute approximate surface area is 223 Å². The van der Waals surface area contributed by atoms with Crippen LogP contribution in [0.1, 0.15) is 144 Å². The van der Waals surface area contributed by atoms with Crippen molar-refractivity contribution in [1.82, 2.24) is 5.32 Å². The van der Waals surface area contributed by atoms with Crippen molar-refractivity contribution in [3.63, 3.8) is 0 Å². The number of aliphatic carboxylic acids is 1. The van der Waals surface area contributed by atoms with Crippen molar-refractivity contribution >= 4 is 11.9 Å². The Morgan fingerprint density at radius 3 is 1.51 bits per heavy atom. The van der Waals surface area contributed by atoms with E-state index >= 15 is 0 Å². The van der Waals surface area contributed by atoms with Crippen molar-refractivity contribution in [2.45, 2.75) is 117 Å². The van der Waals surface area contributed by atoms with Gasteiger partial charge in [0.25, 0.3) is 5.91 Å². The minimum atomic E-state index is -1.46. The SMILES string of the molecule is CC(C)c1cc(C(C)C)c(C(O)C(=O)N[C@@H](Cc2c(C(C)C)cccc2C(C)C)C(=O)O)c(C(C)C)c1. The van der Waals surface area contributed by atoms with E-state index < -0.39 is 24.0 Å². The summed E-state index contributed by atoms with van der Waals surface area (Å²) in [5.74, 6) is -0.871. The first-order valence-corrected chi connectivity index (χ1v) is 13.7. The Kier molecular flexibility index (Phi) is 10.5. The predicted molar refractivity (Wildman–Crippen MR) is 152 cm³/mol. The molecule has 37 heavy (non-hydrogen) atoms. The van der Waals surface area contributed by atoms with Crippen LogP contribution in [0.15, 0.2) is 30.3 Å². The van der Waals surface area contributed by atoms with Crippen molar-refractivity contribution in [3.8, 4) is 0 Å². The fraction of sp³-hybridized carbons (Fsp3) is 0.562. The molecule has 0 aliphatic heterocycles. The molecule has 204 valence electrons. The molecular formula is C32H47NO4. The molecule has 5 heteroatoms. The maximum Gasteiger partial charge on any atom is 0.326 e. The summed E-state index contributed by atoms with van der Waals surface area (Å²) in [4.78, 5) is 25.8. The van der Waals surface area contributed by atoms with Gasteiger partial charge in [-0.2, -0.15) is 0 Å². The summed E-state index contributed by atoms with van der Waals surface area (Å²) in [7, 11) is 0. The predicted octanol–water partition coefficient (Wildman–Crippen LogP) is 7.15. The van der Waals surface area contributed by atoms with E-state index in [2.05, 4.69) is 59.0 Å². The van der Waals surface area contributed by atoms with Gasteiger partial charge in [-0.1, -0.05) is 99.6 Å². The summed E-state index contributed by atoms with van der Waals surface area (Å²) in [5, 5.41) is 24.1. The molecule has 0 heterocycles. The summed E-state index contributed by atoms with van der Waals surface area (Å²) in [6, 6.07) is 9.07. The molecule has 2 aromatic carbocycles. The number of hydrogen-bond acceptors (Lipinski definition) is 3. The van der Waals surface area contributed by atoms with Crippen LogP contribution in [0.3, 0.4) is 0 Å². The molecular weight excluding hydrogens is 462 g/mol. The van der Waals surface area contributed by atoms with Crippen molar-refractivity contribution in [1.29, 1.82) is 0 Å². The van der Waals surface area contributed by atoms with Crippen molar-refractivity contribution in [2.24, 2.45) is 0 Å². The van der Waals surface area contributed by atoms with Crippen molar-refractivity contribution in [2.75, 3.05) is 0 Å². The molecule has 0 saturated carbocycles. The summed E-state index contributed by atoms with van der Waals surface area (Å²) in [6.45, 7) is 20.8. The number of benzene rings is 2. The van der Waals surface area contributed by atoms with E-state index in [1.807, 2.05) is 45.9 Å². The monoisotopic (exact) mass is 509 g/mol. The lowest BCUT2D eigenvalue weighted by Crippen LogP contribution is -2.45. The van der Waals surface area contributed by atoms with Gasteiger partial charge in [-0.25, -0.2) is 4.79 Å². The standard InChI is InChI=1S/C32H47NO4/c1-17(2)22-14-25(20(7)8)29(26(15-22)21(9)10)30(34)31(35)33-28(32(36)37)16-27-23(18(3)4)12-11-13-24(27)19(5)6/h11-15,17-21,28,30,34H,16H2,1-10H3,(H,33,35)(H,36,37)/t28-,30?/m0/s1. The summed E-state index contributed by atoms with van der Waals surface area (Å²) in [5.41, 5.74) is 6.75. The van der Waals surface area contributed by atoms with Gasteiger partial charge in [0.1, 0.15) is 6.04 Å². The summed E-state index contributed by atoms with van der Waals surface area (Å²) >= 11 is 0. The number of hydrogen-bond donors (Lipinski definition) is 3. The van der Waals surface area contributed by atoms with E-state index in [-0.39, 0.29) is 30.1 Å². The highest BCUT2D eigenvalue weighted by Gasteiger charge is 2.31. The lowest BCUT2D eigenvalue weighted by atomic mass is 9.82. The Bertz CT molecular complexity index is 1040. The second-order valence-corrected chi connectivity index (χ2v) is 11.8. The van der Waals surface area contributed by atoms with Gasteiger partial charge in [-0.05, 0) is 68.5 Å². The van der Waals surface area contributed by atoms with Crippen LogP contribution >= 0.6 is 0 Å². The smallest absolute Gasteiger partial charge is 0.326 e. The first kappa shape index (κ1) is 30.6. The average molecular weight is 510 g/mol. The van der Waals surface area contributed by atoms with Crippen LogP contribution in [0, 0.1) is 0 Å². The number of nitrogens with one attached hydrogen (secondary N) is 1. The largest absolute Gasteiger partial charge is 0.480 e. The van der Waals surface area contributed by atoms with Crippen LogP contribution in [0.4, 0.5) is 0 Å². The van der Waals surface area contributed by atoms with Gasteiger partial charge in [-0.15, -0.1) is 0 Å². The van der Waals surface area contributed by atoms with E-state index in [4.69, 9.17) is 0 Å². The van der Waals surface area contributed by atoms with Gasteiger partial charge in [0.2, 0.25) is 0 Å². The van der Waals surface area contributed by atoms with Gasteiger partial charge in [0, 0.05) is 6.42 Å². The fourth-order valence-corrected chi connectivity index (χ4v) is 5.05. The molecule has 0 saturated heterocycles. The number of aliphatic hydroxyl groups excluding tert-OH is 1. The number of carboxylic acid groups (broad SMARTS) is 1. The van der Waals surface area contributed by atoms with Crippen LogP contribution in [-0.2, 0) is 16.0 Å². The Hall–Kier alpha value is -2.66. The molecule has 0 fully saturated rings. The number of amides is 1. The van der Waals surface area contributed by atoms with E-state index in [1.54, 1.807) is 0 Å². The summed E-state index contributed by atoms with van der Waals surface area (Å²) < 4.78 is 0. The van der Waals surface area contributed by atoms with Crippen LogP contribution in [-0.4, -0.2) is 28.1 Å². The number of carbonyl (C=O) groups is 2. The molecule has 0 spiro atoms. The molecule has 2 aromatic rings. The second-order valence-electron chi connectivity index (χ2n) is 11.8.